The number of piperidine rings is 1. The van der Waals surface area contributed by atoms with Gasteiger partial charge < -0.3 is 10.2 Å². The molecule has 7 heteroatoms. The predicted molar refractivity (Wildman–Crippen MR) is 115 cm³/mol. The van der Waals surface area contributed by atoms with Crippen molar-refractivity contribution in [1.29, 1.82) is 0 Å². The van der Waals surface area contributed by atoms with Gasteiger partial charge in [0.2, 0.25) is 0 Å². The first-order valence-corrected chi connectivity index (χ1v) is 10.4. The third kappa shape index (κ3) is 5.26. The Morgan fingerprint density at radius 2 is 1.89 bits per heavy atom. The van der Waals surface area contributed by atoms with Crippen molar-refractivity contribution in [2.75, 3.05) is 23.7 Å². The van der Waals surface area contributed by atoms with Crippen LogP contribution in [0.2, 0.25) is 5.02 Å². The minimum absolute atomic E-state index is 0.299. The lowest BCUT2D eigenvalue weighted by Gasteiger charge is -2.37. The van der Waals surface area contributed by atoms with Crippen LogP contribution in [-0.2, 0) is 0 Å². The molecule has 0 bridgehead atoms. The van der Waals surface area contributed by atoms with Crippen molar-refractivity contribution in [2.45, 2.75) is 52.1 Å². The highest BCUT2D eigenvalue weighted by molar-refractivity contribution is 6.33. The van der Waals surface area contributed by atoms with E-state index in [0.717, 1.165) is 25.9 Å². The molecule has 2 heterocycles. The molecule has 1 saturated heterocycles. The standard InChI is InChI=1S/C21H30ClN5O/c1-15(2)14-16(3)26-12-9-17(10-13-26)27-20(8-11-23-27)25-21(28)24-19-7-5-4-6-18(19)22/h4-8,11,15-17H,9-10,12-14H2,1-3H3,(H2,24,25,28). The second-order valence-corrected chi connectivity index (χ2v) is 8.37. The van der Waals surface area contributed by atoms with Crippen molar-refractivity contribution >= 4 is 29.1 Å². The highest BCUT2D eigenvalue weighted by atomic mass is 35.5. The monoisotopic (exact) mass is 403 g/mol. The first-order chi connectivity index (χ1) is 13.4. The second-order valence-electron chi connectivity index (χ2n) is 7.97. The van der Waals surface area contributed by atoms with Gasteiger partial charge in [0.15, 0.2) is 0 Å². The number of carbonyl (C=O) groups is 1. The summed E-state index contributed by atoms with van der Waals surface area (Å²) in [5.41, 5.74) is 0.584. The fourth-order valence-electron chi connectivity index (χ4n) is 3.94. The van der Waals surface area contributed by atoms with Gasteiger partial charge >= 0.3 is 6.03 Å². The van der Waals surface area contributed by atoms with Crippen LogP contribution < -0.4 is 10.6 Å². The van der Waals surface area contributed by atoms with Gasteiger partial charge in [0.25, 0.3) is 0 Å². The summed E-state index contributed by atoms with van der Waals surface area (Å²) in [4.78, 5) is 14.9. The molecule has 6 nitrogen and oxygen atoms in total. The van der Waals surface area contributed by atoms with E-state index in [1.54, 1.807) is 18.3 Å². The number of rotatable bonds is 6. The van der Waals surface area contributed by atoms with Crippen LogP contribution in [0.1, 0.15) is 46.1 Å². The van der Waals surface area contributed by atoms with Gasteiger partial charge in [0.05, 0.1) is 22.9 Å². The molecule has 1 atom stereocenters. The van der Waals surface area contributed by atoms with Crippen LogP contribution in [0.5, 0.6) is 0 Å². The number of hydrogen-bond donors (Lipinski definition) is 2. The molecule has 0 saturated carbocycles. The van der Waals surface area contributed by atoms with E-state index < -0.39 is 0 Å². The van der Waals surface area contributed by atoms with E-state index in [-0.39, 0.29) is 6.03 Å². The molecule has 28 heavy (non-hydrogen) atoms. The van der Waals surface area contributed by atoms with Crippen LogP contribution in [-0.4, -0.2) is 39.8 Å². The van der Waals surface area contributed by atoms with Crippen molar-refractivity contribution in [3.63, 3.8) is 0 Å². The fourth-order valence-corrected chi connectivity index (χ4v) is 4.12. The van der Waals surface area contributed by atoms with E-state index in [0.29, 0.717) is 34.5 Å². The largest absolute Gasteiger partial charge is 0.324 e. The summed E-state index contributed by atoms with van der Waals surface area (Å²) in [6.07, 6.45) is 5.02. The van der Waals surface area contributed by atoms with E-state index in [1.807, 2.05) is 22.9 Å². The minimum atomic E-state index is -0.321. The van der Waals surface area contributed by atoms with Gasteiger partial charge in [-0.15, -0.1) is 0 Å². The molecule has 1 aromatic carbocycles. The number of nitrogens with one attached hydrogen (secondary N) is 2. The average Bonchev–Trinajstić information content (AvgIpc) is 3.11. The SMILES string of the molecule is CC(C)CC(C)N1CCC(n2nccc2NC(=O)Nc2ccccc2Cl)CC1. The number of aromatic nitrogens is 2. The first-order valence-electron chi connectivity index (χ1n) is 10.0. The highest BCUT2D eigenvalue weighted by Crippen LogP contribution is 2.28. The third-order valence-corrected chi connectivity index (χ3v) is 5.64. The minimum Gasteiger partial charge on any atom is -0.306 e. The Kier molecular flexibility index (Phi) is 6.97. The molecule has 1 aromatic heterocycles. The summed E-state index contributed by atoms with van der Waals surface area (Å²) >= 11 is 6.11. The summed E-state index contributed by atoms with van der Waals surface area (Å²) in [5, 5.41) is 10.7. The summed E-state index contributed by atoms with van der Waals surface area (Å²) in [6.45, 7) is 8.99. The molecule has 1 aliphatic heterocycles. The van der Waals surface area contributed by atoms with Gasteiger partial charge in [-0.2, -0.15) is 5.10 Å². The number of likely N-dealkylation sites (tertiary alicyclic amines) is 1. The Hall–Kier alpha value is -2.05. The molecule has 2 amide bonds. The predicted octanol–water partition coefficient (Wildman–Crippen LogP) is 5.25. The van der Waals surface area contributed by atoms with Crippen LogP contribution in [0.15, 0.2) is 36.5 Å². The molecule has 1 fully saturated rings. The molecule has 152 valence electrons. The van der Waals surface area contributed by atoms with Crippen LogP contribution >= 0.6 is 11.6 Å². The number of amides is 2. The summed E-state index contributed by atoms with van der Waals surface area (Å²) in [6, 6.07) is 9.60. The summed E-state index contributed by atoms with van der Waals surface area (Å²) in [5.74, 6) is 1.42. The second kappa shape index (κ2) is 9.43. The van der Waals surface area contributed by atoms with Gasteiger partial charge in [-0.1, -0.05) is 37.6 Å². The van der Waals surface area contributed by atoms with Crippen molar-refractivity contribution < 1.29 is 4.79 Å². The van der Waals surface area contributed by atoms with Crippen molar-refractivity contribution in [3.8, 4) is 0 Å². The van der Waals surface area contributed by atoms with Gasteiger partial charge in [-0.3, -0.25) is 5.32 Å². The maximum Gasteiger partial charge on any atom is 0.324 e. The number of anilines is 2. The lowest BCUT2D eigenvalue weighted by molar-refractivity contribution is 0.126. The molecule has 1 aliphatic rings. The Balaban J connectivity index is 1.57. The Morgan fingerprint density at radius 1 is 1.18 bits per heavy atom. The molecule has 3 rings (SSSR count). The van der Waals surface area contributed by atoms with E-state index >= 15 is 0 Å². The van der Waals surface area contributed by atoms with Gasteiger partial charge in [0.1, 0.15) is 5.82 Å². The van der Waals surface area contributed by atoms with E-state index in [9.17, 15) is 4.79 Å². The molecule has 0 spiro atoms. The Morgan fingerprint density at radius 3 is 2.57 bits per heavy atom. The fraction of sp³-hybridized carbons (Fsp3) is 0.524. The van der Waals surface area contributed by atoms with E-state index in [1.165, 1.54) is 6.42 Å². The molecule has 0 radical (unpaired) electrons. The maximum atomic E-state index is 12.4. The zero-order valence-corrected chi connectivity index (χ0v) is 17.6. The zero-order valence-electron chi connectivity index (χ0n) is 16.9. The number of para-hydroxylation sites is 1. The number of hydrogen-bond acceptors (Lipinski definition) is 3. The summed E-state index contributed by atoms with van der Waals surface area (Å²) in [7, 11) is 0. The lowest BCUT2D eigenvalue weighted by Crippen LogP contribution is -2.41. The quantitative estimate of drug-likeness (QED) is 0.692. The van der Waals surface area contributed by atoms with Crippen LogP contribution in [0.3, 0.4) is 0 Å². The highest BCUT2D eigenvalue weighted by Gasteiger charge is 2.26. The van der Waals surface area contributed by atoms with E-state index in [2.05, 4.69) is 41.4 Å². The number of benzene rings is 1. The Labute approximate surface area is 172 Å². The average molecular weight is 404 g/mol. The number of halogens is 1. The zero-order chi connectivity index (χ0) is 20.1. The third-order valence-electron chi connectivity index (χ3n) is 5.31. The van der Waals surface area contributed by atoms with Gasteiger partial charge in [0, 0.05) is 25.2 Å². The normalized spacial score (nSPS) is 16.9. The topological polar surface area (TPSA) is 62.2 Å². The Bertz CT molecular complexity index is 783. The first kappa shape index (κ1) is 20.7. The van der Waals surface area contributed by atoms with Crippen molar-refractivity contribution in [2.24, 2.45) is 5.92 Å². The van der Waals surface area contributed by atoms with Crippen LogP contribution in [0.4, 0.5) is 16.3 Å². The maximum absolute atomic E-state index is 12.4. The van der Waals surface area contributed by atoms with Crippen molar-refractivity contribution in [3.05, 3.63) is 41.6 Å². The summed E-state index contributed by atoms with van der Waals surface area (Å²) < 4.78 is 1.94. The smallest absolute Gasteiger partial charge is 0.306 e. The molecule has 2 N–H and O–H groups in total. The van der Waals surface area contributed by atoms with Gasteiger partial charge in [-0.05, 0) is 44.2 Å². The van der Waals surface area contributed by atoms with Gasteiger partial charge in [-0.25, -0.2) is 9.48 Å². The molecule has 0 aliphatic carbocycles. The number of urea groups is 1. The van der Waals surface area contributed by atoms with E-state index in [4.69, 9.17) is 11.6 Å². The van der Waals surface area contributed by atoms with Crippen LogP contribution in [0, 0.1) is 5.92 Å². The van der Waals surface area contributed by atoms with Crippen molar-refractivity contribution in [1.82, 2.24) is 14.7 Å². The number of carbonyl (C=O) groups excluding carboxylic acids is 1. The molecular weight excluding hydrogens is 374 g/mol. The molecular formula is C21H30ClN5O. The molecule has 2 aromatic rings. The number of nitrogens with zero attached hydrogens (tertiary/aromatic N) is 3. The van der Waals surface area contributed by atoms with Crippen LogP contribution in [0.25, 0.3) is 0 Å². The lowest BCUT2D eigenvalue weighted by atomic mass is 9.99. The molecule has 1 unspecified atom stereocenters.